The SMILES string of the molecule is CC(C)c1ccc(NC(=O)CCSc2nc3ccccc3[nH]2)cc1. The van der Waals surface area contributed by atoms with E-state index < -0.39 is 0 Å². The Morgan fingerprint density at radius 2 is 1.92 bits per heavy atom. The molecule has 0 spiro atoms. The molecular weight excluding hydrogens is 318 g/mol. The van der Waals surface area contributed by atoms with Crippen LogP contribution in [-0.4, -0.2) is 21.6 Å². The summed E-state index contributed by atoms with van der Waals surface area (Å²) in [6.45, 7) is 4.31. The van der Waals surface area contributed by atoms with Gasteiger partial charge in [0.25, 0.3) is 0 Å². The van der Waals surface area contributed by atoms with Crippen molar-refractivity contribution in [3.8, 4) is 0 Å². The summed E-state index contributed by atoms with van der Waals surface area (Å²) in [5, 5.41) is 3.79. The fraction of sp³-hybridized carbons (Fsp3) is 0.263. The van der Waals surface area contributed by atoms with Gasteiger partial charge in [-0.05, 0) is 35.7 Å². The number of thioether (sulfide) groups is 1. The van der Waals surface area contributed by atoms with Crippen molar-refractivity contribution >= 4 is 34.4 Å². The van der Waals surface area contributed by atoms with Crippen LogP contribution in [0.3, 0.4) is 0 Å². The summed E-state index contributed by atoms with van der Waals surface area (Å²) in [4.78, 5) is 19.8. The number of amides is 1. The molecule has 0 saturated heterocycles. The summed E-state index contributed by atoms with van der Waals surface area (Å²) >= 11 is 1.56. The van der Waals surface area contributed by atoms with E-state index in [1.165, 1.54) is 5.56 Å². The van der Waals surface area contributed by atoms with Crippen LogP contribution in [0.25, 0.3) is 11.0 Å². The van der Waals surface area contributed by atoms with Crippen LogP contribution >= 0.6 is 11.8 Å². The maximum absolute atomic E-state index is 12.0. The lowest BCUT2D eigenvalue weighted by Crippen LogP contribution is -2.12. The molecule has 2 aromatic carbocycles. The molecule has 0 atom stereocenters. The molecule has 0 fully saturated rings. The summed E-state index contributed by atoms with van der Waals surface area (Å²) in [7, 11) is 0. The molecule has 4 nitrogen and oxygen atoms in total. The first-order valence-corrected chi connectivity index (χ1v) is 9.08. The van der Waals surface area contributed by atoms with Gasteiger partial charge in [-0.2, -0.15) is 0 Å². The average molecular weight is 339 g/mol. The van der Waals surface area contributed by atoms with Crippen molar-refractivity contribution in [2.75, 3.05) is 11.1 Å². The first-order chi connectivity index (χ1) is 11.6. The minimum atomic E-state index is 0.0240. The van der Waals surface area contributed by atoms with Crippen LogP contribution in [0.15, 0.2) is 53.7 Å². The number of H-pyrrole nitrogens is 1. The largest absolute Gasteiger partial charge is 0.333 e. The minimum absolute atomic E-state index is 0.0240. The Morgan fingerprint density at radius 1 is 1.17 bits per heavy atom. The Labute approximate surface area is 146 Å². The van der Waals surface area contributed by atoms with Crippen molar-refractivity contribution < 1.29 is 4.79 Å². The molecule has 5 heteroatoms. The fourth-order valence-electron chi connectivity index (χ4n) is 2.41. The topological polar surface area (TPSA) is 57.8 Å². The van der Waals surface area contributed by atoms with E-state index in [4.69, 9.17) is 0 Å². The number of hydrogen-bond acceptors (Lipinski definition) is 3. The number of nitrogens with one attached hydrogen (secondary N) is 2. The zero-order valence-corrected chi connectivity index (χ0v) is 14.7. The summed E-state index contributed by atoms with van der Waals surface area (Å²) < 4.78 is 0. The van der Waals surface area contributed by atoms with Crippen molar-refractivity contribution in [2.24, 2.45) is 0 Å². The highest BCUT2D eigenvalue weighted by atomic mass is 32.2. The van der Waals surface area contributed by atoms with E-state index in [-0.39, 0.29) is 5.91 Å². The normalized spacial score (nSPS) is 11.1. The van der Waals surface area contributed by atoms with Gasteiger partial charge in [0, 0.05) is 17.9 Å². The molecule has 0 aliphatic carbocycles. The van der Waals surface area contributed by atoms with E-state index in [1.54, 1.807) is 11.8 Å². The number of rotatable bonds is 6. The van der Waals surface area contributed by atoms with Crippen molar-refractivity contribution in [3.63, 3.8) is 0 Å². The number of aromatic amines is 1. The molecule has 3 rings (SSSR count). The van der Waals surface area contributed by atoms with Crippen LogP contribution in [0.4, 0.5) is 5.69 Å². The molecule has 1 amide bonds. The molecular formula is C19H21N3OS. The van der Waals surface area contributed by atoms with Gasteiger partial charge in [0.15, 0.2) is 5.16 Å². The summed E-state index contributed by atoms with van der Waals surface area (Å²) in [6, 6.07) is 16.0. The third kappa shape index (κ3) is 4.17. The number of carbonyl (C=O) groups is 1. The van der Waals surface area contributed by atoms with Crippen LogP contribution in [0.1, 0.15) is 31.7 Å². The number of carbonyl (C=O) groups excluding carboxylic acids is 1. The third-order valence-electron chi connectivity index (χ3n) is 3.80. The van der Waals surface area contributed by atoms with Gasteiger partial charge in [0.1, 0.15) is 0 Å². The Morgan fingerprint density at radius 3 is 2.62 bits per heavy atom. The fourth-order valence-corrected chi connectivity index (χ4v) is 3.24. The van der Waals surface area contributed by atoms with Crippen molar-refractivity contribution in [2.45, 2.75) is 31.3 Å². The van der Waals surface area contributed by atoms with Crippen molar-refractivity contribution in [1.82, 2.24) is 9.97 Å². The molecule has 0 aliphatic heterocycles. The number of aromatic nitrogens is 2. The van der Waals surface area contributed by atoms with Crippen LogP contribution < -0.4 is 5.32 Å². The molecule has 0 unspecified atom stereocenters. The second-order valence-electron chi connectivity index (χ2n) is 5.98. The van der Waals surface area contributed by atoms with E-state index in [9.17, 15) is 4.79 Å². The smallest absolute Gasteiger partial charge is 0.225 e. The molecule has 1 aromatic heterocycles. The number of nitrogens with zero attached hydrogens (tertiary/aromatic N) is 1. The maximum Gasteiger partial charge on any atom is 0.225 e. The first-order valence-electron chi connectivity index (χ1n) is 8.09. The van der Waals surface area contributed by atoms with Crippen LogP contribution in [0, 0.1) is 0 Å². The Balaban J connectivity index is 1.48. The predicted molar refractivity (Wildman–Crippen MR) is 101 cm³/mol. The summed E-state index contributed by atoms with van der Waals surface area (Å²) in [6.07, 6.45) is 0.452. The number of benzene rings is 2. The molecule has 0 aliphatic rings. The van der Waals surface area contributed by atoms with E-state index in [0.29, 0.717) is 18.1 Å². The first kappa shape index (κ1) is 16.6. The summed E-state index contributed by atoms with van der Waals surface area (Å²) in [5.41, 5.74) is 4.09. The Bertz CT molecular complexity index is 791. The second kappa shape index (κ2) is 7.53. The Hall–Kier alpha value is -2.27. The second-order valence-corrected chi connectivity index (χ2v) is 7.07. The van der Waals surface area contributed by atoms with Crippen molar-refractivity contribution in [1.29, 1.82) is 0 Å². The van der Waals surface area contributed by atoms with E-state index in [1.807, 2.05) is 36.4 Å². The van der Waals surface area contributed by atoms with E-state index in [0.717, 1.165) is 21.9 Å². The van der Waals surface area contributed by atoms with Gasteiger partial charge >= 0.3 is 0 Å². The maximum atomic E-state index is 12.0. The van der Waals surface area contributed by atoms with E-state index >= 15 is 0 Å². The van der Waals surface area contributed by atoms with Gasteiger partial charge in [0.2, 0.25) is 5.91 Å². The number of hydrogen-bond donors (Lipinski definition) is 2. The molecule has 2 N–H and O–H groups in total. The monoisotopic (exact) mass is 339 g/mol. The lowest BCUT2D eigenvalue weighted by molar-refractivity contribution is -0.115. The molecule has 0 radical (unpaired) electrons. The van der Waals surface area contributed by atoms with Gasteiger partial charge in [-0.1, -0.05) is 49.9 Å². The van der Waals surface area contributed by atoms with Gasteiger partial charge in [-0.15, -0.1) is 0 Å². The number of fused-ring (bicyclic) bond motifs is 1. The molecule has 24 heavy (non-hydrogen) atoms. The lowest BCUT2D eigenvalue weighted by atomic mass is 10.0. The highest BCUT2D eigenvalue weighted by Crippen LogP contribution is 2.20. The number of para-hydroxylation sites is 2. The Kier molecular flexibility index (Phi) is 5.20. The minimum Gasteiger partial charge on any atom is -0.333 e. The van der Waals surface area contributed by atoms with Gasteiger partial charge < -0.3 is 10.3 Å². The highest BCUT2D eigenvalue weighted by Gasteiger charge is 2.06. The van der Waals surface area contributed by atoms with Gasteiger partial charge in [-0.25, -0.2) is 4.98 Å². The average Bonchev–Trinajstić information content (AvgIpc) is 2.98. The van der Waals surface area contributed by atoms with Gasteiger partial charge in [0.05, 0.1) is 11.0 Å². The van der Waals surface area contributed by atoms with Crippen molar-refractivity contribution in [3.05, 3.63) is 54.1 Å². The lowest BCUT2D eigenvalue weighted by Gasteiger charge is -2.08. The number of imidazole rings is 1. The van der Waals surface area contributed by atoms with E-state index in [2.05, 4.69) is 41.3 Å². The standard InChI is InChI=1S/C19H21N3OS/c1-13(2)14-7-9-15(10-8-14)20-18(23)11-12-24-19-21-16-5-3-4-6-17(16)22-19/h3-10,13H,11-12H2,1-2H3,(H,20,23)(H,21,22). The molecule has 1 heterocycles. The van der Waals surface area contributed by atoms with Gasteiger partial charge in [-0.3, -0.25) is 4.79 Å². The van der Waals surface area contributed by atoms with Crippen LogP contribution in [-0.2, 0) is 4.79 Å². The van der Waals surface area contributed by atoms with Crippen LogP contribution in [0.5, 0.6) is 0 Å². The van der Waals surface area contributed by atoms with Crippen LogP contribution in [0.2, 0.25) is 0 Å². The molecule has 0 bridgehead atoms. The number of anilines is 1. The molecule has 0 saturated carbocycles. The zero-order valence-electron chi connectivity index (χ0n) is 13.9. The quantitative estimate of drug-likeness (QED) is 0.634. The molecule has 124 valence electrons. The zero-order chi connectivity index (χ0) is 16.9. The highest BCUT2D eigenvalue weighted by molar-refractivity contribution is 7.99. The summed E-state index contributed by atoms with van der Waals surface area (Å²) in [5.74, 6) is 1.21. The predicted octanol–water partition coefficient (Wildman–Crippen LogP) is 4.81. The third-order valence-corrected chi connectivity index (χ3v) is 4.67. The molecule has 3 aromatic rings.